The molecule has 2 fully saturated rings. The second kappa shape index (κ2) is 7.36. The Morgan fingerprint density at radius 1 is 1.45 bits per heavy atom. The number of aliphatic hydroxyl groups excluding tert-OH is 1. The summed E-state index contributed by atoms with van der Waals surface area (Å²) in [5.41, 5.74) is 0. The van der Waals surface area contributed by atoms with Gasteiger partial charge in [0, 0.05) is 32.2 Å². The molecular weight excluding hydrogens is 258 g/mol. The van der Waals surface area contributed by atoms with Crippen LogP contribution < -0.4 is 10.6 Å². The molecule has 6 heteroatoms. The maximum absolute atomic E-state index is 12.1. The van der Waals surface area contributed by atoms with Gasteiger partial charge >= 0.3 is 0 Å². The van der Waals surface area contributed by atoms with Gasteiger partial charge < -0.3 is 20.5 Å². The topological polar surface area (TPSA) is 73.8 Å². The van der Waals surface area contributed by atoms with Gasteiger partial charge in [-0.3, -0.25) is 9.69 Å². The number of hydrogen-bond acceptors (Lipinski definition) is 5. The lowest BCUT2D eigenvalue weighted by molar-refractivity contribution is -0.123. The molecule has 2 saturated heterocycles. The summed E-state index contributed by atoms with van der Waals surface area (Å²) in [4.78, 5) is 14.5. The largest absolute Gasteiger partial charge is 0.392 e. The predicted molar refractivity (Wildman–Crippen MR) is 76.4 cm³/mol. The first kappa shape index (κ1) is 15.7. The maximum Gasteiger partial charge on any atom is 0.237 e. The van der Waals surface area contributed by atoms with E-state index in [9.17, 15) is 9.90 Å². The molecule has 0 bridgehead atoms. The van der Waals surface area contributed by atoms with Gasteiger partial charge in [0.2, 0.25) is 5.91 Å². The van der Waals surface area contributed by atoms with Crippen LogP contribution >= 0.6 is 0 Å². The first-order valence-corrected chi connectivity index (χ1v) is 7.59. The Balaban J connectivity index is 1.80. The molecule has 0 aromatic carbocycles. The maximum atomic E-state index is 12.1. The number of rotatable bonds is 5. The van der Waals surface area contributed by atoms with Crippen LogP contribution in [0.25, 0.3) is 0 Å². The molecule has 2 aliphatic rings. The van der Waals surface area contributed by atoms with Crippen molar-refractivity contribution in [3.8, 4) is 0 Å². The van der Waals surface area contributed by atoms with Crippen LogP contribution in [-0.2, 0) is 9.53 Å². The summed E-state index contributed by atoms with van der Waals surface area (Å²) < 4.78 is 5.38. The van der Waals surface area contributed by atoms with Gasteiger partial charge in [-0.1, -0.05) is 13.8 Å². The standard InChI is InChI=1S/C14H27N3O3/c1-10(2)13(17-3-5-20-6-4-17)9-16-14(19)12-7-11(18)8-15-12/h10-13,15,18H,3-9H2,1-2H3,(H,16,19). The van der Waals surface area contributed by atoms with Crippen molar-refractivity contribution >= 4 is 5.91 Å². The molecule has 1 amide bonds. The number of amides is 1. The average Bonchev–Trinajstić information content (AvgIpc) is 2.86. The summed E-state index contributed by atoms with van der Waals surface area (Å²) >= 11 is 0. The molecule has 116 valence electrons. The summed E-state index contributed by atoms with van der Waals surface area (Å²) in [5.74, 6) is 0.482. The number of carbonyl (C=O) groups excluding carboxylic acids is 1. The highest BCUT2D eigenvalue weighted by Crippen LogP contribution is 2.13. The van der Waals surface area contributed by atoms with Crippen LogP contribution in [0.15, 0.2) is 0 Å². The highest BCUT2D eigenvalue weighted by atomic mass is 16.5. The van der Waals surface area contributed by atoms with Gasteiger partial charge in [-0.05, 0) is 12.3 Å². The molecule has 0 aliphatic carbocycles. The third-order valence-corrected chi connectivity index (χ3v) is 4.19. The minimum atomic E-state index is -0.397. The minimum absolute atomic E-state index is 0.000425. The fourth-order valence-electron chi connectivity index (χ4n) is 2.94. The third-order valence-electron chi connectivity index (χ3n) is 4.19. The summed E-state index contributed by atoms with van der Waals surface area (Å²) in [6, 6.07) is 0.0941. The molecule has 0 aromatic heterocycles. The molecule has 20 heavy (non-hydrogen) atoms. The number of hydrogen-bond donors (Lipinski definition) is 3. The number of ether oxygens (including phenoxy) is 1. The van der Waals surface area contributed by atoms with Gasteiger partial charge in [0.25, 0.3) is 0 Å². The van der Waals surface area contributed by atoms with E-state index < -0.39 is 6.10 Å². The van der Waals surface area contributed by atoms with Crippen molar-refractivity contribution in [1.82, 2.24) is 15.5 Å². The fraction of sp³-hybridized carbons (Fsp3) is 0.929. The van der Waals surface area contributed by atoms with Crippen molar-refractivity contribution in [3.05, 3.63) is 0 Å². The van der Waals surface area contributed by atoms with Gasteiger partial charge in [0.1, 0.15) is 0 Å². The van der Waals surface area contributed by atoms with Gasteiger partial charge in [-0.2, -0.15) is 0 Å². The Morgan fingerprint density at radius 3 is 2.70 bits per heavy atom. The van der Waals surface area contributed by atoms with Gasteiger partial charge in [-0.15, -0.1) is 0 Å². The molecule has 3 atom stereocenters. The predicted octanol–water partition coefficient (Wildman–Crippen LogP) is -0.818. The number of β-amino-alcohol motifs (C(OH)–C–C–N with tert-alkyl or cyclic N) is 1. The van der Waals surface area contributed by atoms with Crippen LogP contribution in [-0.4, -0.2) is 73.5 Å². The van der Waals surface area contributed by atoms with E-state index in [4.69, 9.17) is 4.74 Å². The van der Waals surface area contributed by atoms with E-state index in [0.717, 1.165) is 26.3 Å². The quantitative estimate of drug-likeness (QED) is 0.616. The number of carbonyl (C=O) groups is 1. The second-order valence-electron chi connectivity index (χ2n) is 6.06. The molecule has 2 rings (SSSR count). The van der Waals surface area contributed by atoms with Crippen LogP contribution in [0.3, 0.4) is 0 Å². The summed E-state index contributed by atoms with van der Waals surface area (Å²) in [6.45, 7) is 8.94. The first-order valence-electron chi connectivity index (χ1n) is 7.59. The summed E-state index contributed by atoms with van der Waals surface area (Å²) in [6.07, 6.45) is 0.112. The molecule has 0 aromatic rings. The molecule has 2 aliphatic heterocycles. The fourth-order valence-corrected chi connectivity index (χ4v) is 2.94. The Bertz CT molecular complexity index is 319. The molecule has 0 radical (unpaired) electrons. The molecule has 6 nitrogen and oxygen atoms in total. The van der Waals surface area contributed by atoms with Crippen LogP contribution in [0, 0.1) is 5.92 Å². The Morgan fingerprint density at radius 2 is 2.15 bits per heavy atom. The lowest BCUT2D eigenvalue weighted by atomic mass is 10.0. The Labute approximate surface area is 120 Å². The number of morpholine rings is 1. The first-order chi connectivity index (χ1) is 9.58. The zero-order chi connectivity index (χ0) is 14.5. The minimum Gasteiger partial charge on any atom is -0.392 e. The van der Waals surface area contributed by atoms with Crippen molar-refractivity contribution in [2.75, 3.05) is 39.4 Å². The lowest BCUT2D eigenvalue weighted by Gasteiger charge is -2.37. The molecule has 3 N–H and O–H groups in total. The molecule has 0 spiro atoms. The Hall–Kier alpha value is -0.690. The van der Waals surface area contributed by atoms with Crippen LogP contribution in [0.5, 0.6) is 0 Å². The van der Waals surface area contributed by atoms with E-state index in [0.29, 0.717) is 31.5 Å². The van der Waals surface area contributed by atoms with Gasteiger partial charge in [0.05, 0.1) is 25.4 Å². The Kier molecular flexibility index (Phi) is 5.77. The van der Waals surface area contributed by atoms with E-state index in [1.165, 1.54) is 0 Å². The number of aliphatic hydroxyl groups is 1. The average molecular weight is 285 g/mol. The zero-order valence-electron chi connectivity index (χ0n) is 12.5. The monoisotopic (exact) mass is 285 g/mol. The smallest absolute Gasteiger partial charge is 0.237 e. The van der Waals surface area contributed by atoms with E-state index >= 15 is 0 Å². The summed E-state index contributed by atoms with van der Waals surface area (Å²) in [7, 11) is 0. The highest BCUT2D eigenvalue weighted by molar-refractivity contribution is 5.82. The van der Waals surface area contributed by atoms with Crippen LogP contribution in [0.4, 0.5) is 0 Å². The number of nitrogens with one attached hydrogen (secondary N) is 2. The lowest BCUT2D eigenvalue weighted by Crippen LogP contribution is -2.52. The van der Waals surface area contributed by atoms with E-state index in [2.05, 4.69) is 29.4 Å². The van der Waals surface area contributed by atoms with Crippen LogP contribution in [0.1, 0.15) is 20.3 Å². The van der Waals surface area contributed by atoms with Crippen molar-refractivity contribution in [3.63, 3.8) is 0 Å². The third kappa shape index (κ3) is 4.15. The van der Waals surface area contributed by atoms with Gasteiger partial charge in [-0.25, -0.2) is 0 Å². The molecular formula is C14H27N3O3. The number of nitrogens with zero attached hydrogens (tertiary/aromatic N) is 1. The molecule has 3 unspecified atom stereocenters. The molecule has 0 saturated carbocycles. The molecule has 2 heterocycles. The SMILES string of the molecule is CC(C)C(CNC(=O)C1CC(O)CN1)N1CCOCC1. The highest BCUT2D eigenvalue weighted by Gasteiger charge is 2.29. The van der Waals surface area contributed by atoms with Crippen molar-refractivity contribution in [2.45, 2.75) is 38.5 Å². The summed E-state index contributed by atoms with van der Waals surface area (Å²) in [5, 5.41) is 15.5. The van der Waals surface area contributed by atoms with E-state index in [-0.39, 0.29) is 11.9 Å². The van der Waals surface area contributed by atoms with Crippen molar-refractivity contribution in [1.29, 1.82) is 0 Å². The van der Waals surface area contributed by atoms with Gasteiger partial charge in [0.15, 0.2) is 0 Å². The van der Waals surface area contributed by atoms with Crippen LogP contribution in [0.2, 0.25) is 0 Å². The second-order valence-corrected chi connectivity index (χ2v) is 6.06. The van der Waals surface area contributed by atoms with E-state index in [1.54, 1.807) is 0 Å². The van der Waals surface area contributed by atoms with Crippen molar-refractivity contribution in [2.24, 2.45) is 5.92 Å². The normalized spacial score (nSPS) is 29.6. The zero-order valence-corrected chi connectivity index (χ0v) is 12.5. The van der Waals surface area contributed by atoms with Crippen molar-refractivity contribution < 1.29 is 14.6 Å². The van der Waals surface area contributed by atoms with E-state index in [1.807, 2.05) is 0 Å².